The zero-order valence-corrected chi connectivity index (χ0v) is 31.3. The minimum atomic E-state index is -1.98. The molecule has 2 aromatic rings. The average Bonchev–Trinajstić information content (AvgIpc) is 3.07. The van der Waals surface area contributed by atoms with Crippen molar-refractivity contribution in [3.63, 3.8) is 0 Å². The first-order chi connectivity index (χ1) is 18.5. The second-order valence-corrected chi connectivity index (χ2v) is 32.4. The van der Waals surface area contributed by atoms with E-state index in [9.17, 15) is 0 Å². The molecule has 6 atom stereocenters. The van der Waals surface area contributed by atoms with Gasteiger partial charge in [0.05, 0.1) is 0 Å². The van der Waals surface area contributed by atoms with Crippen LogP contribution in [0.3, 0.4) is 0 Å². The van der Waals surface area contributed by atoms with Crippen LogP contribution in [0.4, 0.5) is 11.4 Å². The van der Waals surface area contributed by atoms with Gasteiger partial charge in [-0.05, 0) is 104 Å². The van der Waals surface area contributed by atoms with Gasteiger partial charge in [-0.2, -0.15) is 0 Å². The number of rotatable bonds is 14. The summed E-state index contributed by atoms with van der Waals surface area (Å²) in [6.45, 7) is 28.5. The molecule has 1 aliphatic carbocycles. The molecule has 224 valence electrons. The van der Waals surface area contributed by atoms with E-state index in [0.717, 1.165) is 25.3 Å². The van der Waals surface area contributed by atoms with Gasteiger partial charge in [-0.15, -0.1) is 0 Å². The first kappa shape index (κ1) is 33.3. The molecular formula is C32H58N2O2Si4. The number of nitrogens with one attached hydrogen (secondary N) is 2. The summed E-state index contributed by atoms with van der Waals surface area (Å²) in [7, 11) is -7.11. The Balaban J connectivity index is 1.97. The van der Waals surface area contributed by atoms with Gasteiger partial charge in [-0.25, -0.2) is 0 Å². The Hall–Kier alpha value is -1.17. The first-order valence-corrected chi connectivity index (χ1v) is 27.9. The minimum absolute atomic E-state index is 0.629. The molecule has 3 rings (SSSR count). The Morgan fingerprint density at radius 2 is 0.850 bits per heavy atom. The maximum atomic E-state index is 6.49. The van der Waals surface area contributed by atoms with Crippen molar-refractivity contribution in [2.45, 2.75) is 96.3 Å². The normalized spacial score (nSPS) is 26.6. The fourth-order valence-electron chi connectivity index (χ4n) is 7.62. The molecule has 0 radical (unpaired) electrons. The Morgan fingerprint density at radius 1 is 0.525 bits per heavy atom. The van der Waals surface area contributed by atoms with Gasteiger partial charge in [0.2, 0.25) is 0 Å². The average molecular weight is 615 g/mol. The number of hydrogen-bond acceptors (Lipinski definition) is 4. The second-order valence-electron chi connectivity index (χ2n) is 14.9. The monoisotopic (exact) mass is 614 g/mol. The maximum Gasteiger partial charge on any atom is 0.183 e. The molecule has 1 aliphatic rings. The van der Waals surface area contributed by atoms with E-state index in [1.807, 2.05) is 0 Å². The van der Waals surface area contributed by atoms with Crippen LogP contribution < -0.4 is 9.96 Å². The highest BCUT2D eigenvalue weighted by molar-refractivity contribution is 6.85. The van der Waals surface area contributed by atoms with Crippen LogP contribution in [0.1, 0.15) is 20.8 Å². The Kier molecular flexibility index (Phi) is 11.2. The van der Waals surface area contributed by atoms with Gasteiger partial charge in [0.15, 0.2) is 33.1 Å². The molecule has 0 amide bonds. The van der Waals surface area contributed by atoms with Crippen molar-refractivity contribution in [1.29, 1.82) is 0 Å². The molecular weight excluding hydrogens is 557 g/mol. The molecule has 4 nitrogen and oxygen atoms in total. The van der Waals surface area contributed by atoms with Crippen LogP contribution in [0.25, 0.3) is 0 Å². The topological polar surface area (TPSA) is 42.5 Å². The van der Waals surface area contributed by atoms with Gasteiger partial charge in [-0.3, -0.25) is 0 Å². The number of para-hydroxylation sites is 2. The summed E-state index contributed by atoms with van der Waals surface area (Å²) in [6.07, 6.45) is 0. The highest BCUT2D eigenvalue weighted by Gasteiger charge is 2.58. The minimum Gasteiger partial charge on any atom is -0.418 e. The zero-order valence-electron chi connectivity index (χ0n) is 27.3. The molecule has 6 unspecified atom stereocenters. The van der Waals surface area contributed by atoms with Gasteiger partial charge >= 0.3 is 0 Å². The fraction of sp³-hybridized carbons (Fsp3) is 0.625. The van der Waals surface area contributed by atoms with Crippen molar-refractivity contribution >= 4 is 44.5 Å². The molecule has 40 heavy (non-hydrogen) atoms. The molecule has 8 heteroatoms. The molecule has 1 fully saturated rings. The summed E-state index contributed by atoms with van der Waals surface area (Å²) in [4.78, 5) is 8.40. The van der Waals surface area contributed by atoms with E-state index in [0.29, 0.717) is 28.8 Å². The number of benzene rings is 2. The van der Waals surface area contributed by atoms with Gasteiger partial charge in [0.25, 0.3) is 0 Å². The van der Waals surface area contributed by atoms with Gasteiger partial charge in [-0.1, -0.05) is 70.3 Å². The lowest BCUT2D eigenvalue weighted by atomic mass is 10.0. The lowest BCUT2D eigenvalue weighted by Gasteiger charge is -2.43. The van der Waals surface area contributed by atoms with E-state index < -0.39 is 33.1 Å². The third-order valence-electron chi connectivity index (χ3n) is 9.29. The summed E-state index contributed by atoms with van der Waals surface area (Å²) in [6, 6.07) is 24.2. The van der Waals surface area contributed by atoms with Crippen molar-refractivity contribution < 1.29 is 8.85 Å². The van der Waals surface area contributed by atoms with Crippen LogP contribution in [0, 0.1) is 17.8 Å². The van der Waals surface area contributed by atoms with E-state index in [4.69, 9.17) is 8.85 Å². The summed E-state index contributed by atoms with van der Waals surface area (Å²) >= 11 is 0. The molecule has 0 aliphatic heterocycles. The van der Waals surface area contributed by atoms with Crippen molar-refractivity contribution in [3.8, 4) is 0 Å². The fourth-order valence-corrected chi connectivity index (χ4v) is 19.3. The maximum absolute atomic E-state index is 6.49. The van der Waals surface area contributed by atoms with E-state index >= 15 is 0 Å². The highest BCUT2D eigenvalue weighted by atomic mass is 28.4. The van der Waals surface area contributed by atoms with Gasteiger partial charge in [0, 0.05) is 24.6 Å². The number of anilines is 2. The molecule has 2 aromatic carbocycles. The third-order valence-corrected chi connectivity index (χ3v) is 20.7. The molecule has 0 aromatic heterocycles. The van der Waals surface area contributed by atoms with Crippen LogP contribution >= 0.6 is 0 Å². The predicted octanol–water partition coefficient (Wildman–Crippen LogP) is 9.73. The van der Waals surface area contributed by atoms with Crippen molar-refractivity contribution in [1.82, 2.24) is 0 Å². The highest BCUT2D eigenvalue weighted by Crippen LogP contribution is 2.60. The van der Waals surface area contributed by atoms with E-state index in [2.05, 4.69) is 144 Å². The summed E-state index contributed by atoms with van der Waals surface area (Å²) in [5.41, 5.74) is 3.87. The molecule has 0 saturated heterocycles. The third kappa shape index (κ3) is 8.91. The Bertz CT molecular complexity index is 963. The Morgan fingerprint density at radius 3 is 1.15 bits per heavy atom. The van der Waals surface area contributed by atoms with E-state index in [-0.39, 0.29) is 0 Å². The van der Waals surface area contributed by atoms with Crippen molar-refractivity contribution in [3.05, 3.63) is 60.7 Å². The van der Waals surface area contributed by atoms with Crippen LogP contribution in [0.15, 0.2) is 60.7 Å². The zero-order chi connectivity index (χ0) is 29.8. The molecule has 0 heterocycles. The van der Waals surface area contributed by atoms with Crippen molar-refractivity contribution in [2.24, 2.45) is 17.8 Å². The second kappa shape index (κ2) is 13.4. The molecule has 0 spiro atoms. The Labute approximate surface area is 250 Å². The van der Waals surface area contributed by atoms with Crippen LogP contribution in [-0.2, 0) is 8.85 Å². The smallest absolute Gasteiger partial charge is 0.183 e. The SMILES string of the molecule is CC1C(C)C([Si](C)(CCO[Si](C)(C)C)Nc2ccccc2)C(C)C1[Si](C)(CCO[Si](C)(C)C)Nc1ccccc1. The summed E-state index contributed by atoms with van der Waals surface area (Å²) in [5.74, 6) is 1.94. The van der Waals surface area contributed by atoms with E-state index in [1.54, 1.807) is 0 Å². The van der Waals surface area contributed by atoms with E-state index in [1.165, 1.54) is 11.4 Å². The summed E-state index contributed by atoms with van der Waals surface area (Å²) in [5, 5.41) is 0. The number of hydrogen-bond donors (Lipinski definition) is 2. The predicted molar refractivity (Wildman–Crippen MR) is 187 cm³/mol. The van der Waals surface area contributed by atoms with Crippen molar-refractivity contribution in [2.75, 3.05) is 23.2 Å². The lowest BCUT2D eigenvalue weighted by Crippen LogP contribution is -2.52. The molecule has 0 bridgehead atoms. The molecule has 2 N–H and O–H groups in total. The van der Waals surface area contributed by atoms with Gasteiger partial charge < -0.3 is 18.8 Å². The summed E-state index contributed by atoms with van der Waals surface area (Å²) < 4.78 is 13.0. The molecule has 1 saturated carbocycles. The van der Waals surface area contributed by atoms with Crippen LogP contribution in [-0.4, -0.2) is 46.3 Å². The quantitative estimate of drug-likeness (QED) is 0.208. The van der Waals surface area contributed by atoms with Gasteiger partial charge in [0.1, 0.15) is 0 Å². The van der Waals surface area contributed by atoms with Crippen LogP contribution in [0.5, 0.6) is 0 Å². The largest absolute Gasteiger partial charge is 0.418 e. The van der Waals surface area contributed by atoms with Crippen LogP contribution in [0.2, 0.25) is 75.5 Å². The lowest BCUT2D eigenvalue weighted by molar-refractivity contribution is 0.329. The first-order valence-electron chi connectivity index (χ1n) is 15.5. The standard InChI is InChI=1S/C32H58N2O2Si4/c1-26-27(2)32(40(11,25-23-36-38(7,8)9)34-30-20-16-13-17-21-30)28(3)31(26)39(10,24-22-35-37(4,5)6)33-29-18-14-12-15-19-29/h12-21,26-28,31-34H,22-25H2,1-11H3.